The molecule has 0 spiro atoms. The van der Waals surface area contributed by atoms with E-state index in [4.69, 9.17) is 4.74 Å². The van der Waals surface area contributed by atoms with Crippen LogP contribution in [0.25, 0.3) is 0 Å². The second-order valence-corrected chi connectivity index (χ2v) is 4.53. The van der Waals surface area contributed by atoms with Crippen molar-refractivity contribution in [3.63, 3.8) is 0 Å². The average molecular weight is 265 g/mol. The molecule has 1 amide bonds. The molecule has 5 nitrogen and oxygen atoms in total. The van der Waals surface area contributed by atoms with Crippen molar-refractivity contribution in [2.24, 2.45) is 5.92 Å². The summed E-state index contributed by atoms with van der Waals surface area (Å²) >= 11 is 0. The van der Waals surface area contributed by atoms with Gasteiger partial charge in [-0.25, -0.2) is 0 Å². The summed E-state index contributed by atoms with van der Waals surface area (Å²) in [5.41, 5.74) is 0.616. The van der Waals surface area contributed by atoms with Gasteiger partial charge in [-0.2, -0.15) is 0 Å². The molecule has 0 aromatic heterocycles. The van der Waals surface area contributed by atoms with Crippen molar-refractivity contribution in [2.75, 3.05) is 19.0 Å². The molecule has 0 radical (unpaired) electrons. The quantitative estimate of drug-likeness (QED) is 0.632. The minimum absolute atomic E-state index is 0.290. The van der Waals surface area contributed by atoms with Gasteiger partial charge in [0.15, 0.2) is 0 Å². The first-order valence-corrected chi connectivity index (χ1v) is 6.10. The van der Waals surface area contributed by atoms with Crippen molar-refractivity contribution >= 4 is 17.6 Å². The smallest absolute Gasteiger partial charge is 0.315 e. The van der Waals surface area contributed by atoms with Crippen LogP contribution in [0, 0.1) is 5.92 Å². The van der Waals surface area contributed by atoms with Crippen LogP contribution in [0.15, 0.2) is 24.3 Å². The van der Waals surface area contributed by atoms with E-state index in [1.165, 1.54) is 7.11 Å². The first kappa shape index (κ1) is 15.0. The predicted molar refractivity (Wildman–Crippen MR) is 72.0 cm³/mol. The van der Waals surface area contributed by atoms with Crippen LogP contribution in [0.1, 0.15) is 20.3 Å². The van der Waals surface area contributed by atoms with Gasteiger partial charge in [0.05, 0.1) is 13.7 Å². The van der Waals surface area contributed by atoms with Gasteiger partial charge in [0.2, 0.25) is 5.91 Å². The minimum Gasteiger partial charge on any atom is -0.493 e. The van der Waals surface area contributed by atoms with Gasteiger partial charge >= 0.3 is 5.97 Å². The molecular formula is C14H19NO4. The monoisotopic (exact) mass is 265 g/mol. The Kier molecular flexibility index (Phi) is 5.85. The van der Waals surface area contributed by atoms with Gasteiger partial charge in [-0.3, -0.25) is 9.59 Å². The van der Waals surface area contributed by atoms with Gasteiger partial charge in [-0.15, -0.1) is 0 Å². The number of hydrogen-bond acceptors (Lipinski definition) is 4. The molecule has 0 bridgehead atoms. The maximum absolute atomic E-state index is 11.4. The molecule has 0 aliphatic carbocycles. The molecule has 1 N–H and O–H groups in total. The largest absolute Gasteiger partial charge is 0.493 e. The van der Waals surface area contributed by atoms with E-state index in [2.05, 4.69) is 23.9 Å². The number of nitrogens with one attached hydrogen (secondary N) is 1. The lowest BCUT2D eigenvalue weighted by atomic mass is 10.2. The molecule has 0 fully saturated rings. The first-order valence-electron chi connectivity index (χ1n) is 6.10. The van der Waals surface area contributed by atoms with E-state index in [-0.39, 0.29) is 6.42 Å². The van der Waals surface area contributed by atoms with Crippen LogP contribution in [-0.2, 0) is 14.3 Å². The number of amides is 1. The summed E-state index contributed by atoms with van der Waals surface area (Å²) in [6, 6.07) is 7.00. The summed E-state index contributed by atoms with van der Waals surface area (Å²) in [6.07, 6.45) is -0.290. The topological polar surface area (TPSA) is 64.6 Å². The van der Waals surface area contributed by atoms with Crippen molar-refractivity contribution in [1.29, 1.82) is 0 Å². The number of ether oxygens (including phenoxy) is 2. The lowest BCUT2D eigenvalue weighted by Gasteiger charge is -2.09. The van der Waals surface area contributed by atoms with Gasteiger partial charge < -0.3 is 14.8 Å². The number of carbonyl (C=O) groups is 2. The summed E-state index contributed by atoms with van der Waals surface area (Å²) < 4.78 is 9.93. The summed E-state index contributed by atoms with van der Waals surface area (Å²) in [6.45, 7) is 4.79. The second kappa shape index (κ2) is 7.41. The van der Waals surface area contributed by atoms with E-state index in [0.29, 0.717) is 18.2 Å². The van der Waals surface area contributed by atoms with Gasteiger partial charge in [0, 0.05) is 5.69 Å². The highest BCUT2D eigenvalue weighted by atomic mass is 16.5. The molecule has 104 valence electrons. The molecule has 1 aromatic carbocycles. The Labute approximate surface area is 112 Å². The van der Waals surface area contributed by atoms with Crippen LogP contribution < -0.4 is 10.1 Å². The van der Waals surface area contributed by atoms with Crippen molar-refractivity contribution in [2.45, 2.75) is 20.3 Å². The minimum atomic E-state index is -0.561. The number of esters is 1. The zero-order valence-corrected chi connectivity index (χ0v) is 11.4. The third kappa shape index (κ3) is 5.90. The van der Waals surface area contributed by atoms with Crippen molar-refractivity contribution in [3.05, 3.63) is 24.3 Å². The third-order valence-corrected chi connectivity index (χ3v) is 2.25. The lowest BCUT2D eigenvalue weighted by molar-refractivity contribution is -0.142. The van der Waals surface area contributed by atoms with Gasteiger partial charge in [0.25, 0.3) is 0 Å². The summed E-state index contributed by atoms with van der Waals surface area (Å²) in [5, 5.41) is 2.60. The molecule has 0 aliphatic heterocycles. The first-order chi connectivity index (χ1) is 9.01. The number of benzene rings is 1. The fourth-order valence-corrected chi connectivity index (χ4v) is 1.31. The second-order valence-electron chi connectivity index (χ2n) is 4.53. The van der Waals surface area contributed by atoms with Gasteiger partial charge in [-0.05, 0) is 30.2 Å². The molecule has 0 heterocycles. The highest BCUT2D eigenvalue weighted by Gasteiger charge is 2.09. The SMILES string of the molecule is COC(=O)CC(=O)Nc1ccc(OCC(C)C)cc1. The summed E-state index contributed by atoms with van der Waals surface area (Å²) in [5.74, 6) is 0.246. The van der Waals surface area contributed by atoms with Crippen LogP contribution in [-0.4, -0.2) is 25.6 Å². The normalized spacial score (nSPS) is 10.1. The standard InChI is InChI=1S/C14H19NO4/c1-10(2)9-19-12-6-4-11(5-7-12)15-13(16)8-14(17)18-3/h4-7,10H,8-9H2,1-3H3,(H,15,16). The highest BCUT2D eigenvalue weighted by molar-refractivity contribution is 6.01. The Hall–Kier alpha value is -2.04. The molecule has 1 rings (SSSR count). The molecule has 1 aromatic rings. The van der Waals surface area contributed by atoms with E-state index in [1.807, 2.05) is 0 Å². The van der Waals surface area contributed by atoms with E-state index in [1.54, 1.807) is 24.3 Å². The zero-order chi connectivity index (χ0) is 14.3. The highest BCUT2D eigenvalue weighted by Crippen LogP contribution is 2.16. The zero-order valence-electron chi connectivity index (χ0n) is 11.4. The fraction of sp³-hybridized carbons (Fsp3) is 0.429. The number of anilines is 1. The lowest BCUT2D eigenvalue weighted by Crippen LogP contribution is -2.17. The maximum atomic E-state index is 11.4. The fourth-order valence-electron chi connectivity index (χ4n) is 1.31. The van der Waals surface area contributed by atoms with Crippen LogP contribution in [0.2, 0.25) is 0 Å². The van der Waals surface area contributed by atoms with Crippen molar-refractivity contribution in [3.8, 4) is 5.75 Å². The average Bonchev–Trinajstić information content (AvgIpc) is 2.37. The Morgan fingerprint density at radius 2 is 1.84 bits per heavy atom. The third-order valence-electron chi connectivity index (χ3n) is 2.25. The number of methoxy groups -OCH3 is 1. The Balaban J connectivity index is 2.47. The van der Waals surface area contributed by atoms with Crippen LogP contribution in [0.3, 0.4) is 0 Å². The Morgan fingerprint density at radius 3 is 2.37 bits per heavy atom. The summed E-state index contributed by atoms with van der Waals surface area (Å²) in [7, 11) is 1.25. The summed E-state index contributed by atoms with van der Waals surface area (Å²) in [4.78, 5) is 22.4. The predicted octanol–water partition coefficient (Wildman–Crippen LogP) is 2.22. The van der Waals surface area contributed by atoms with Gasteiger partial charge in [0.1, 0.15) is 12.2 Å². The number of rotatable bonds is 6. The molecule has 0 atom stereocenters. The van der Waals surface area contributed by atoms with E-state index >= 15 is 0 Å². The molecule has 5 heteroatoms. The molecule has 0 saturated heterocycles. The number of hydrogen-bond donors (Lipinski definition) is 1. The molecule has 0 saturated carbocycles. The van der Waals surface area contributed by atoms with Crippen LogP contribution in [0.4, 0.5) is 5.69 Å². The van der Waals surface area contributed by atoms with Gasteiger partial charge in [-0.1, -0.05) is 13.8 Å². The number of carbonyl (C=O) groups excluding carboxylic acids is 2. The van der Waals surface area contributed by atoms with Crippen LogP contribution >= 0.6 is 0 Å². The Morgan fingerprint density at radius 1 is 1.21 bits per heavy atom. The van der Waals surface area contributed by atoms with Crippen LogP contribution in [0.5, 0.6) is 5.75 Å². The van der Waals surface area contributed by atoms with Crippen molar-refractivity contribution in [1.82, 2.24) is 0 Å². The molecule has 0 aliphatic rings. The molecule has 0 unspecified atom stereocenters. The molecular weight excluding hydrogens is 246 g/mol. The van der Waals surface area contributed by atoms with E-state index in [0.717, 1.165) is 5.75 Å². The van der Waals surface area contributed by atoms with Crippen molar-refractivity contribution < 1.29 is 19.1 Å². The maximum Gasteiger partial charge on any atom is 0.315 e. The Bertz CT molecular complexity index is 426. The van der Waals surface area contributed by atoms with E-state index in [9.17, 15) is 9.59 Å². The molecule has 19 heavy (non-hydrogen) atoms. The van der Waals surface area contributed by atoms with E-state index < -0.39 is 11.9 Å².